The predicted molar refractivity (Wildman–Crippen MR) is 72.4 cm³/mol. The van der Waals surface area contributed by atoms with Crippen LogP contribution in [-0.2, 0) is 4.79 Å². The van der Waals surface area contributed by atoms with Gasteiger partial charge in [0.15, 0.2) is 5.82 Å². The van der Waals surface area contributed by atoms with Crippen molar-refractivity contribution < 1.29 is 13.6 Å². The number of anilines is 1. The average molecular weight is 291 g/mol. The number of amides is 1. The van der Waals surface area contributed by atoms with Crippen LogP contribution in [0.3, 0.4) is 0 Å². The highest BCUT2D eigenvalue weighted by atomic mass is 35.5. The van der Waals surface area contributed by atoms with E-state index in [1.165, 1.54) is 0 Å². The third-order valence-electron chi connectivity index (χ3n) is 2.40. The highest BCUT2D eigenvalue weighted by molar-refractivity contribution is 6.33. The fraction of sp³-hybridized carbons (Fsp3) is 0.462. The Balaban J connectivity index is 2.49. The zero-order valence-corrected chi connectivity index (χ0v) is 11.7. The summed E-state index contributed by atoms with van der Waals surface area (Å²) in [6.45, 7) is 4.71. The van der Waals surface area contributed by atoms with Crippen molar-refractivity contribution in [2.45, 2.75) is 32.7 Å². The lowest BCUT2D eigenvalue weighted by molar-refractivity contribution is -0.116. The summed E-state index contributed by atoms with van der Waals surface area (Å²) in [5, 5.41) is 5.37. The van der Waals surface area contributed by atoms with E-state index in [1.54, 1.807) is 0 Å². The maximum Gasteiger partial charge on any atom is 0.224 e. The van der Waals surface area contributed by atoms with Crippen molar-refractivity contribution in [3.05, 3.63) is 28.8 Å². The molecule has 0 saturated heterocycles. The summed E-state index contributed by atoms with van der Waals surface area (Å²) in [5.74, 6) is -2.00. The van der Waals surface area contributed by atoms with Gasteiger partial charge in [-0.1, -0.05) is 25.4 Å². The maximum atomic E-state index is 13.4. The van der Waals surface area contributed by atoms with Crippen LogP contribution < -0.4 is 10.6 Å². The predicted octanol–water partition coefficient (Wildman–Crippen LogP) is 3.33. The van der Waals surface area contributed by atoms with Gasteiger partial charge in [-0.05, 0) is 19.0 Å². The summed E-state index contributed by atoms with van der Waals surface area (Å²) in [6.07, 6.45) is 0.872. The fourth-order valence-corrected chi connectivity index (χ4v) is 1.74. The minimum absolute atomic E-state index is 0.147. The molecule has 1 rings (SSSR count). The van der Waals surface area contributed by atoms with E-state index in [-0.39, 0.29) is 23.0 Å². The van der Waals surface area contributed by atoms with Crippen molar-refractivity contribution in [1.82, 2.24) is 5.32 Å². The molecular weight excluding hydrogens is 274 g/mol. The SMILES string of the molecule is CC(C)NCCCC(=O)Nc1c(F)cc(F)cc1Cl. The fourth-order valence-electron chi connectivity index (χ4n) is 1.50. The molecule has 1 aromatic carbocycles. The summed E-state index contributed by atoms with van der Waals surface area (Å²) in [6, 6.07) is 1.99. The normalized spacial score (nSPS) is 10.8. The van der Waals surface area contributed by atoms with Gasteiger partial charge in [0.05, 0.1) is 10.7 Å². The lowest BCUT2D eigenvalue weighted by Gasteiger charge is -2.10. The van der Waals surface area contributed by atoms with E-state index in [2.05, 4.69) is 10.6 Å². The van der Waals surface area contributed by atoms with Crippen molar-refractivity contribution in [2.24, 2.45) is 0 Å². The van der Waals surface area contributed by atoms with Gasteiger partial charge in [-0.3, -0.25) is 4.79 Å². The van der Waals surface area contributed by atoms with Crippen molar-refractivity contribution >= 4 is 23.2 Å². The van der Waals surface area contributed by atoms with Crippen LogP contribution in [0.4, 0.5) is 14.5 Å². The van der Waals surface area contributed by atoms with E-state index in [1.807, 2.05) is 13.8 Å². The summed E-state index contributed by atoms with van der Waals surface area (Å²) < 4.78 is 26.2. The van der Waals surface area contributed by atoms with Crippen LogP contribution in [0.15, 0.2) is 12.1 Å². The Hall–Kier alpha value is -1.20. The molecule has 0 atom stereocenters. The first-order valence-electron chi connectivity index (χ1n) is 6.08. The lowest BCUT2D eigenvalue weighted by atomic mass is 10.2. The van der Waals surface area contributed by atoms with Crippen molar-refractivity contribution in [1.29, 1.82) is 0 Å². The van der Waals surface area contributed by atoms with Gasteiger partial charge in [0.25, 0.3) is 0 Å². The minimum Gasteiger partial charge on any atom is -0.322 e. The number of halogens is 3. The van der Waals surface area contributed by atoms with Crippen LogP contribution in [0, 0.1) is 11.6 Å². The Morgan fingerprint density at radius 3 is 2.63 bits per heavy atom. The molecule has 6 heteroatoms. The molecule has 1 amide bonds. The minimum atomic E-state index is -0.876. The van der Waals surface area contributed by atoms with E-state index in [4.69, 9.17) is 11.6 Å². The number of carbonyl (C=O) groups excluding carboxylic acids is 1. The first kappa shape index (κ1) is 15.9. The van der Waals surface area contributed by atoms with Gasteiger partial charge in [0.1, 0.15) is 5.82 Å². The van der Waals surface area contributed by atoms with Gasteiger partial charge < -0.3 is 10.6 Å². The number of hydrogen-bond acceptors (Lipinski definition) is 2. The highest BCUT2D eigenvalue weighted by Crippen LogP contribution is 2.26. The second-order valence-corrected chi connectivity index (χ2v) is 4.91. The molecule has 0 fully saturated rings. The van der Waals surface area contributed by atoms with Gasteiger partial charge in [0, 0.05) is 18.5 Å². The highest BCUT2D eigenvalue weighted by Gasteiger charge is 2.12. The van der Waals surface area contributed by atoms with Crippen molar-refractivity contribution in [3.63, 3.8) is 0 Å². The van der Waals surface area contributed by atoms with E-state index in [0.29, 0.717) is 25.1 Å². The standard InChI is InChI=1S/C13H17ClF2N2O/c1-8(2)17-5-3-4-12(19)18-13-10(14)6-9(15)7-11(13)16/h6-8,17H,3-5H2,1-2H3,(H,18,19). The number of hydrogen-bond donors (Lipinski definition) is 2. The van der Waals surface area contributed by atoms with Gasteiger partial charge in [-0.2, -0.15) is 0 Å². The van der Waals surface area contributed by atoms with E-state index < -0.39 is 11.6 Å². The third kappa shape index (κ3) is 5.53. The van der Waals surface area contributed by atoms with Crippen LogP contribution in [0.5, 0.6) is 0 Å². The zero-order valence-electron chi connectivity index (χ0n) is 10.9. The topological polar surface area (TPSA) is 41.1 Å². The Kier molecular flexibility index (Phi) is 6.18. The summed E-state index contributed by atoms with van der Waals surface area (Å²) in [4.78, 5) is 11.6. The molecule has 0 saturated carbocycles. The summed E-state index contributed by atoms with van der Waals surface area (Å²) in [7, 11) is 0. The molecule has 0 aromatic heterocycles. The van der Waals surface area contributed by atoms with E-state index >= 15 is 0 Å². The first-order valence-corrected chi connectivity index (χ1v) is 6.45. The average Bonchev–Trinajstić information content (AvgIpc) is 2.29. The van der Waals surface area contributed by atoms with Gasteiger partial charge in [0.2, 0.25) is 5.91 Å². The Morgan fingerprint density at radius 2 is 2.05 bits per heavy atom. The van der Waals surface area contributed by atoms with Crippen LogP contribution in [-0.4, -0.2) is 18.5 Å². The van der Waals surface area contributed by atoms with Crippen LogP contribution >= 0.6 is 11.6 Å². The molecule has 0 aliphatic heterocycles. The molecule has 106 valence electrons. The second kappa shape index (κ2) is 7.40. The smallest absolute Gasteiger partial charge is 0.224 e. The molecule has 0 spiro atoms. The molecule has 3 nitrogen and oxygen atoms in total. The Labute approximate surface area is 116 Å². The molecule has 0 aliphatic carbocycles. The molecule has 0 unspecified atom stereocenters. The van der Waals surface area contributed by atoms with Crippen molar-refractivity contribution in [3.8, 4) is 0 Å². The molecule has 19 heavy (non-hydrogen) atoms. The van der Waals surface area contributed by atoms with Crippen LogP contribution in [0.2, 0.25) is 5.02 Å². The first-order chi connectivity index (χ1) is 8.90. The molecular formula is C13H17ClF2N2O. The number of carbonyl (C=O) groups is 1. The van der Waals surface area contributed by atoms with Crippen molar-refractivity contribution in [2.75, 3.05) is 11.9 Å². The monoisotopic (exact) mass is 290 g/mol. The number of benzene rings is 1. The largest absolute Gasteiger partial charge is 0.322 e. The van der Waals surface area contributed by atoms with Crippen LogP contribution in [0.1, 0.15) is 26.7 Å². The Bertz CT molecular complexity index is 429. The lowest BCUT2D eigenvalue weighted by Crippen LogP contribution is -2.24. The summed E-state index contributed by atoms with van der Waals surface area (Å²) in [5.41, 5.74) is -0.176. The van der Waals surface area contributed by atoms with E-state index in [9.17, 15) is 13.6 Å². The molecule has 0 heterocycles. The molecule has 0 aliphatic rings. The second-order valence-electron chi connectivity index (χ2n) is 4.50. The molecule has 0 bridgehead atoms. The van der Waals surface area contributed by atoms with Gasteiger partial charge in [-0.15, -0.1) is 0 Å². The maximum absolute atomic E-state index is 13.4. The quantitative estimate of drug-likeness (QED) is 0.789. The molecule has 2 N–H and O–H groups in total. The summed E-state index contributed by atoms with van der Waals surface area (Å²) >= 11 is 5.67. The molecule has 1 aromatic rings. The Morgan fingerprint density at radius 1 is 1.37 bits per heavy atom. The zero-order chi connectivity index (χ0) is 14.4. The number of rotatable bonds is 6. The molecule has 0 radical (unpaired) electrons. The van der Waals surface area contributed by atoms with Gasteiger partial charge >= 0.3 is 0 Å². The third-order valence-corrected chi connectivity index (χ3v) is 2.70. The van der Waals surface area contributed by atoms with E-state index in [0.717, 1.165) is 6.07 Å². The van der Waals surface area contributed by atoms with Gasteiger partial charge in [-0.25, -0.2) is 8.78 Å². The van der Waals surface area contributed by atoms with Crippen LogP contribution in [0.25, 0.3) is 0 Å². The number of nitrogens with one attached hydrogen (secondary N) is 2.